The second kappa shape index (κ2) is 7.75. The molecule has 0 aromatic carbocycles. The van der Waals surface area contributed by atoms with Crippen molar-refractivity contribution in [2.24, 2.45) is 0 Å². The molecule has 0 amide bonds. The van der Waals surface area contributed by atoms with Crippen molar-refractivity contribution < 1.29 is 0 Å². The third kappa shape index (κ3) is 3.82. The van der Waals surface area contributed by atoms with E-state index in [-0.39, 0.29) is 0 Å². The molecule has 0 bridgehead atoms. The Kier molecular flexibility index (Phi) is 5.46. The zero-order valence-electron chi connectivity index (χ0n) is 13.5. The second-order valence-electron chi connectivity index (χ2n) is 5.80. The molecular weight excluding hydrogens is 306 g/mol. The van der Waals surface area contributed by atoms with E-state index >= 15 is 0 Å². The average molecular weight is 329 g/mol. The standard InChI is InChI=1S/C17H23N5S/c1-3-11-22-16(14-6-9-18-10-7-14)20-21-17(22)23-12-15-5-4-8-19-13(15)2/h3-5,8,14,18H,1,6-7,9-12H2,2H3. The van der Waals surface area contributed by atoms with Crippen LogP contribution in [0.2, 0.25) is 0 Å². The van der Waals surface area contributed by atoms with Crippen LogP contribution in [0, 0.1) is 6.92 Å². The average Bonchev–Trinajstić information content (AvgIpc) is 2.98. The lowest BCUT2D eigenvalue weighted by atomic mass is 9.97. The predicted molar refractivity (Wildman–Crippen MR) is 93.6 cm³/mol. The Hall–Kier alpha value is -1.66. The van der Waals surface area contributed by atoms with Crippen molar-refractivity contribution in [1.29, 1.82) is 0 Å². The molecule has 3 rings (SSSR count). The van der Waals surface area contributed by atoms with E-state index in [1.165, 1.54) is 5.56 Å². The summed E-state index contributed by atoms with van der Waals surface area (Å²) in [6.07, 6.45) is 6.01. The highest BCUT2D eigenvalue weighted by Crippen LogP contribution is 2.29. The predicted octanol–water partition coefficient (Wildman–Crippen LogP) is 2.93. The molecule has 5 nitrogen and oxygen atoms in total. The van der Waals surface area contributed by atoms with Gasteiger partial charge in [-0.25, -0.2) is 0 Å². The molecule has 0 aliphatic carbocycles. The highest BCUT2D eigenvalue weighted by atomic mass is 32.2. The maximum Gasteiger partial charge on any atom is 0.191 e. The van der Waals surface area contributed by atoms with Crippen molar-refractivity contribution in [1.82, 2.24) is 25.1 Å². The summed E-state index contributed by atoms with van der Waals surface area (Å²) in [5.41, 5.74) is 2.32. The van der Waals surface area contributed by atoms with Gasteiger partial charge in [0.1, 0.15) is 5.82 Å². The van der Waals surface area contributed by atoms with Crippen molar-refractivity contribution in [3.63, 3.8) is 0 Å². The Morgan fingerprint density at radius 2 is 2.22 bits per heavy atom. The van der Waals surface area contributed by atoms with Crippen LogP contribution in [-0.4, -0.2) is 32.8 Å². The van der Waals surface area contributed by atoms with E-state index in [4.69, 9.17) is 0 Å². The van der Waals surface area contributed by atoms with Crippen molar-refractivity contribution in [2.75, 3.05) is 13.1 Å². The highest BCUT2D eigenvalue weighted by molar-refractivity contribution is 7.98. The van der Waals surface area contributed by atoms with E-state index in [0.29, 0.717) is 5.92 Å². The number of hydrogen-bond acceptors (Lipinski definition) is 5. The number of aryl methyl sites for hydroxylation is 1. The van der Waals surface area contributed by atoms with Gasteiger partial charge in [0.2, 0.25) is 0 Å². The third-order valence-corrected chi connectivity index (χ3v) is 5.25. The maximum atomic E-state index is 4.49. The first-order chi connectivity index (χ1) is 11.3. The summed E-state index contributed by atoms with van der Waals surface area (Å²) in [7, 11) is 0. The number of allylic oxidation sites excluding steroid dienone is 1. The minimum Gasteiger partial charge on any atom is -0.317 e. The van der Waals surface area contributed by atoms with Gasteiger partial charge >= 0.3 is 0 Å². The number of nitrogens with one attached hydrogen (secondary N) is 1. The number of thioether (sulfide) groups is 1. The van der Waals surface area contributed by atoms with Crippen LogP contribution in [0.15, 0.2) is 36.1 Å². The number of aromatic nitrogens is 4. The molecule has 0 spiro atoms. The van der Waals surface area contributed by atoms with Gasteiger partial charge in [-0.2, -0.15) is 0 Å². The molecule has 1 saturated heterocycles. The van der Waals surface area contributed by atoms with Gasteiger partial charge < -0.3 is 9.88 Å². The lowest BCUT2D eigenvalue weighted by Gasteiger charge is -2.22. The van der Waals surface area contributed by atoms with Gasteiger partial charge in [-0.15, -0.1) is 16.8 Å². The van der Waals surface area contributed by atoms with E-state index in [1.54, 1.807) is 11.8 Å². The maximum absolute atomic E-state index is 4.49. The molecule has 23 heavy (non-hydrogen) atoms. The molecule has 2 aromatic heterocycles. The van der Waals surface area contributed by atoms with Crippen LogP contribution < -0.4 is 5.32 Å². The van der Waals surface area contributed by atoms with E-state index < -0.39 is 0 Å². The molecule has 0 unspecified atom stereocenters. The molecule has 3 heterocycles. The van der Waals surface area contributed by atoms with Gasteiger partial charge in [-0.1, -0.05) is 23.9 Å². The fraction of sp³-hybridized carbons (Fsp3) is 0.471. The molecular formula is C17H23N5S. The normalized spacial score (nSPS) is 15.7. The lowest BCUT2D eigenvalue weighted by Crippen LogP contribution is -2.28. The Morgan fingerprint density at radius 1 is 1.39 bits per heavy atom. The van der Waals surface area contributed by atoms with Crippen LogP contribution in [0.4, 0.5) is 0 Å². The van der Waals surface area contributed by atoms with Crippen LogP contribution in [-0.2, 0) is 12.3 Å². The van der Waals surface area contributed by atoms with Gasteiger partial charge in [-0.05, 0) is 44.5 Å². The first-order valence-electron chi connectivity index (χ1n) is 8.07. The van der Waals surface area contributed by atoms with E-state index in [9.17, 15) is 0 Å². The van der Waals surface area contributed by atoms with Gasteiger partial charge in [0, 0.05) is 30.1 Å². The van der Waals surface area contributed by atoms with Gasteiger partial charge in [0.25, 0.3) is 0 Å². The quantitative estimate of drug-likeness (QED) is 0.652. The zero-order chi connectivity index (χ0) is 16.1. The molecule has 2 aromatic rings. The SMILES string of the molecule is C=CCn1c(SCc2cccnc2C)nnc1C1CCNCC1. The van der Waals surface area contributed by atoms with E-state index in [1.807, 2.05) is 25.3 Å². The third-order valence-electron chi connectivity index (χ3n) is 4.23. The van der Waals surface area contributed by atoms with Crippen molar-refractivity contribution in [2.45, 2.75) is 43.1 Å². The number of pyridine rings is 1. The van der Waals surface area contributed by atoms with Gasteiger partial charge in [0.15, 0.2) is 5.16 Å². The molecule has 1 aliphatic rings. The summed E-state index contributed by atoms with van der Waals surface area (Å²) in [6.45, 7) is 8.82. The number of hydrogen-bond donors (Lipinski definition) is 1. The van der Waals surface area contributed by atoms with Crippen molar-refractivity contribution >= 4 is 11.8 Å². The highest BCUT2D eigenvalue weighted by Gasteiger charge is 2.22. The van der Waals surface area contributed by atoms with Crippen LogP contribution in [0.5, 0.6) is 0 Å². The smallest absolute Gasteiger partial charge is 0.191 e. The molecule has 122 valence electrons. The van der Waals surface area contributed by atoms with Gasteiger partial charge in [0.05, 0.1) is 0 Å². The summed E-state index contributed by atoms with van der Waals surface area (Å²) < 4.78 is 2.22. The lowest BCUT2D eigenvalue weighted by molar-refractivity contribution is 0.431. The van der Waals surface area contributed by atoms with Crippen LogP contribution in [0.25, 0.3) is 0 Å². The number of rotatable bonds is 6. The van der Waals surface area contributed by atoms with Crippen LogP contribution >= 0.6 is 11.8 Å². The van der Waals surface area contributed by atoms with E-state index in [0.717, 1.165) is 54.9 Å². The zero-order valence-corrected chi connectivity index (χ0v) is 14.4. The van der Waals surface area contributed by atoms with Crippen LogP contribution in [0.3, 0.4) is 0 Å². The fourth-order valence-corrected chi connectivity index (χ4v) is 3.91. The van der Waals surface area contributed by atoms with Gasteiger partial charge in [-0.3, -0.25) is 4.98 Å². The Labute approximate surface area is 141 Å². The summed E-state index contributed by atoms with van der Waals surface area (Å²) in [6, 6.07) is 4.11. The summed E-state index contributed by atoms with van der Waals surface area (Å²) in [5.74, 6) is 2.47. The topological polar surface area (TPSA) is 55.6 Å². The summed E-state index contributed by atoms with van der Waals surface area (Å²) in [4.78, 5) is 4.35. The molecule has 0 atom stereocenters. The summed E-state index contributed by atoms with van der Waals surface area (Å²) >= 11 is 1.73. The molecule has 1 aliphatic heterocycles. The molecule has 1 fully saturated rings. The molecule has 1 N–H and O–H groups in total. The van der Waals surface area contributed by atoms with E-state index in [2.05, 4.69) is 37.7 Å². The molecule has 0 saturated carbocycles. The first kappa shape index (κ1) is 16.2. The molecule has 0 radical (unpaired) electrons. The Balaban J connectivity index is 1.77. The minimum absolute atomic E-state index is 0.498. The van der Waals surface area contributed by atoms with Crippen molar-refractivity contribution in [3.8, 4) is 0 Å². The first-order valence-corrected chi connectivity index (χ1v) is 9.06. The molecule has 6 heteroatoms. The number of piperidine rings is 1. The summed E-state index contributed by atoms with van der Waals surface area (Å²) in [5, 5.41) is 13.3. The van der Waals surface area contributed by atoms with Crippen molar-refractivity contribution in [3.05, 3.63) is 48.1 Å². The van der Waals surface area contributed by atoms with Crippen LogP contribution in [0.1, 0.15) is 35.8 Å². The Bertz CT molecular complexity index is 661. The minimum atomic E-state index is 0.498. The monoisotopic (exact) mass is 329 g/mol. The Morgan fingerprint density at radius 3 is 2.96 bits per heavy atom. The fourth-order valence-electron chi connectivity index (χ4n) is 2.90. The second-order valence-corrected chi connectivity index (χ2v) is 6.74. The largest absolute Gasteiger partial charge is 0.317 e. The number of nitrogens with zero attached hydrogens (tertiary/aromatic N) is 4.